The highest BCUT2D eigenvalue weighted by atomic mass is 15.2. The Labute approximate surface area is 101 Å². The molecule has 1 aromatic heterocycles. The lowest BCUT2D eigenvalue weighted by Crippen LogP contribution is -2.15. The standard InChI is InChI=1S/C13H18N4/c1-9(2)12-15-13(17-16-12)11(14)8-10-6-4-3-5-7-10/h3-7,9,11H,8,14H2,1-2H3,(H,15,16,17)/t11-/m0/s1. The van der Waals surface area contributed by atoms with E-state index in [0.29, 0.717) is 5.92 Å². The van der Waals surface area contributed by atoms with E-state index >= 15 is 0 Å². The van der Waals surface area contributed by atoms with E-state index in [1.165, 1.54) is 5.56 Å². The van der Waals surface area contributed by atoms with E-state index in [1.807, 2.05) is 18.2 Å². The third-order valence-corrected chi connectivity index (χ3v) is 2.69. The average molecular weight is 230 g/mol. The summed E-state index contributed by atoms with van der Waals surface area (Å²) < 4.78 is 0. The molecule has 0 saturated carbocycles. The molecular formula is C13H18N4. The van der Waals surface area contributed by atoms with Crippen LogP contribution in [0.4, 0.5) is 0 Å². The zero-order valence-electron chi connectivity index (χ0n) is 10.2. The van der Waals surface area contributed by atoms with Gasteiger partial charge in [0.1, 0.15) is 5.82 Å². The molecule has 0 fully saturated rings. The van der Waals surface area contributed by atoms with Crippen molar-refractivity contribution < 1.29 is 0 Å². The van der Waals surface area contributed by atoms with E-state index < -0.39 is 0 Å². The van der Waals surface area contributed by atoms with E-state index in [9.17, 15) is 0 Å². The molecule has 0 aliphatic carbocycles. The Bertz CT molecular complexity index is 461. The lowest BCUT2D eigenvalue weighted by Gasteiger charge is -2.07. The van der Waals surface area contributed by atoms with Crippen LogP contribution in [0.25, 0.3) is 0 Å². The second kappa shape index (κ2) is 5.10. The molecule has 1 heterocycles. The minimum absolute atomic E-state index is 0.127. The lowest BCUT2D eigenvalue weighted by atomic mass is 10.1. The number of H-pyrrole nitrogens is 1. The van der Waals surface area contributed by atoms with Crippen molar-refractivity contribution in [3.63, 3.8) is 0 Å². The maximum Gasteiger partial charge on any atom is 0.153 e. The number of rotatable bonds is 4. The first-order valence-electron chi connectivity index (χ1n) is 5.88. The number of hydrogen-bond acceptors (Lipinski definition) is 3. The van der Waals surface area contributed by atoms with Crippen LogP contribution in [0.3, 0.4) is 0 Å². The highest BCUT2D eigenvalue weighted by Crippen LogP contribution is 2.15. The zero-order chi connectivity index (χ0) is 12.3. The van der Waals surface area contributed by atoms with Crippen LogP contribution in [0, 0.1) is 0 Å². The van der Waals surface area contributed by atoms with E-state index in [0.717, 1.165) is 18.1 Å². The number of benzene rings is 1. The summed E-state index contributed by atoms with van der Waals surface area (Å²) >= 11 is 0. The highest BCUT2D eigenvalue weighted by molar-refractivity contribution is 5.17. The number of nitrogens with two attached hydrogens (primary N) is 1. The minimum atomic E-state index is -0.127. The van der Waals surface area contributed by atoms with Gasteiger partial charge >= 0.3 is 0 Å². The van der Waals surface area contributed by atoms with Crippen molar-refractivity contribution in [2.45, 2.75) is 32.2 Å². The van der Waals surface area contributed by atoms with Crippen molar-refractivity contribution in [3.05, 3.63) is 47.5 Å². The van der Waals surface area contributed by atoms with Crippen LogP contribution in [0.1, 0.15) is 43.0 Å². The van der Waals surface area contributed by atoms with Gasteiger partial charge in [0, 0.05) is 5.92 Å². The molecule has 17 heavy (non-hydrogen) atoms. The number of aromatic amines is 1. The fourth-order valence-corrected chi connectivity index (χ4v) is 1.68. The van der Waals surface area contributed by atoms with Gasteiger partial charge in [-0.3, -0.25) is 5.10 Å². The highest BCUT2D eigenvalue weighted by Gasteiger charge is 2.13. The Morgan fingerprint density at radius 3 is 2.53 bits per heavy atom. The zero-order valence-corrected chi connectivity index (χ0v) is 10.2. The molecule has 0 aliphatic rings. The van der Waals surface area contributed by atoms with E-state index in [-0.39, 0.29) is 6.04 Å². The summed E-state index contributed by atoms with van der Waals surface area (Å²) in [5.41, 5.74) is 7.32. The summed E-state index contributed by atoms with van der Waals surface area (Å²) in [6, 6.07) is 10.0. The second-order valence-corrected chi connectivity index (χ2v) is 4.53. The summed E-state index contributed by atoms with van der Waals surface area (Å²) in [5.74, 6) is 1.91. The van der Waals surface area contributed by atoms with Gasteiger partial charge in [-0.25, -0.2) is 4.98 Å². The third kappa shape index (κ3) is 2.91. The van der Waals surface area contributed by atoms with Gasteiger partial charge < -0.3 is 5.73 Å². The number of nitrogens with zero attached hydrogens (tertiary/aromatic N) is 2. The van der Waals surface area contributed by atoms with Crippen LogP contribution < -0.4 is 5.73 Å². The van der Waals surface area contributed by atoms with Crippen molar-refractivity contribution in [1.82, 2.24) is 15.2 Å². The SMILES string of the molecule is CC(C)c1n[nH]c([C@@H](N)Cc2ccccc2)n1. The lowest BCUT2D eigenvalue weighted by molar-refractivity contribution is 0.669. The van der Waals surface area contributed by atoms with Crippen LogP contribution >= 0.6 is 0 Å². The Morgan fingerprint density at radius 1 is 1.24 bits per heavy atom. The van der Waals surface area contributed by atoms with Gasteiger partial charge in [0.15, 0.2) is 5.82 Å². The number of aromatic nitrogens is 3. The molecule has 0 saturated heterocycles. The molecular weight excluding hydrogens is 212 g/mol. The molecule has 90 valence electrons. The summed E-state index contributed by atoms with van der Waals surface area (Å²) in [6.45, 7) is 4.13. The summed E-state index contributed by atoms with van der Waals surface area (Å²) in [7, 11) is 0. The van der Waals surface area contributed by atoms with Gasteiger partial charge in [0.05, 0.1) is 6.04 Å². The summed E-state index contributed by atoms with van der Waals surface area (Å²) in [4.78, 5) is 4.41. The van der Waals surface area contributed by atoms with Gasteiger partial charge in [0.2, 0.25) is 0 Å². The minimum Gasteiger partial charge on any atom is -0.321 e. The molecule has 2 rings (SSSR count). The molecule has 1 aromatic carbocycles. The Morgan fingerprint density at radius 2 is 1.94 bits per heavy atom. The quantitative estimate of drug-likeness (QED) is 0.845. The maximum absolute atomic E-state index is 6.11. The van der Waals surface area contributed by atoms with Crippen LogP contribution in [0.5, 0.6) is 0 Å². The predicted octanol–water partition coefficient (Wildman–Crippen LogP) is 2.17. The molecule has 0 radical (unpaired) electrons. The van der Waals surface area contributed by atoms with Crippen molar-refractivity contribution in [1.29, 1.82) is 0 Å². The van der Waals surface area contributed by atoms with Gasteiger partial charge in [-0.2, -0.15) is 5.10 Å². The van der Waals surface area contributed by atoms with E-state index in [1.54, 1.807) is 0 Å². The Hall–Kier alpha value is -1.68. The fourth-order valence-electron chi connectivity index (χ4n) is 1.68. The summed E-state index contributed by atoms with van der Waals surface area (Å²) in [6.07, 6.45) is 0.771. The Balaban J connectivity index is 2.07. The first-order valence-corrected chi connectivity index (χ1v) is 5.88. The average Bonchev–Trinajstić information content (AvgIpc) is 2.79. The molecule has 0 unspecified atom stereocenters. The third-order valence-electron chi connectivity index (χ3n) is 2.69. The van der Waals surface area contributed by atoms with Gasteiger partial charge in [-0.1, -0.05) is 44.2 Å². The maximum atomic E-state index is 6.11. The van der Waals surface area contributed by atoms with Gasteiger partial charge in [0.25, 0.3) is 0 Å². The molecule has 4 nitrogen and oxygen atoms in total. The topological polar surface area (TPSA) is 67.6 Å². The molecule has 4 heteroatoms. The molecule has 0 bridgehead atoms. The molecule has 3 N–H and O–H groups in total. The van der Waals surface area contributed by atoms with E-state index in [4.69, 9.17) is 5.73 Å². The first-order chi connectivity index (χ1) is 8.16. The van der Waals surface area contributed by atoms with Crippen LogP contribution in [-0.2, 0) is 6.42 Å². The molecule has 1 atom stereocenters. The van der Waals surface area contributed by atoms with Crippen molar-refractivity contribution >= 4 is 0 Å². The fraction of sp³-hybridized carbons (Fsp3) is 0.385. The molecule has 0 aliphatic heterocycles. The predicted molar refractivity (Wildman–Crippen MR) is 67.5 cm³/mol. The van der Waals surface area contributed by atoms with Gasteiger partial charge in [-0.05, 0) is 12.0 Å². The van der Waals surface area contributed by atoms with Gasteiger partial charge in [-0.15, -0.1) is 0 Å². The first kappa shape index (κ1) is 11.8. The molecule has 0 spiro atoms. The smallest absolute Gasteiger partial charge is 0.153 e. The van der Waals surface area contributed by atoms with Crippen molar-refractivity contribution in [2.75, 3.05) is 0 Å². The van der Waals surface area contributed by atoms with Crippen LogP contribution in [0.15, 0.2) is 30.3 Å². The van der Waals surface area contributed by atoms with Crippen LogP contribution in [0.2, 0.25) is 0 Å². The molecule has 2 aromatic rings. The van der Waals surface area contributed by atoms with Crippen molar-refractivity contribution in [3.8, 4) is 0 Å². The Kier molecular flexibility index (Phi) is 3.54. The largest absolute Gasteiger partial charge is 0.321 e. The van der Waals surface area contributed by atoms with Crippen molar-refractivity contribution in [2.24, 2.45) is 5.73 Å². The number of hydrogen-bond donors (Lipinski definition) is 2. The second-order valence-electron chi connectivity index (χ2n) is 4.53. The normalized spacial score (nSPS) is 12.9. The monoisotopic (exact) mass is 230 g/mol. The van der Waals surface area contributed by atoms with E-state index in [2.05, 4.69) is 41.2 Å². The number of nitrogens with one attached hydrogen (secondary N) is 1. The summed E-state index contributed by atoms with van der Waals surface area (Å²) in [5, 5.41) is 7.08. The van der Waals surface area contributed by atoms with Crippen LogP contribution in [-0.4, -0.2) is 15.2 Å². The molecule has 0 amide bonds.